The lowest BCUT2D eigenvalue weighted by Gasteiger charge is -2.43. The monoisotopic (exact) mass is 539 g/mol. The van der Waals surface area contributed by atoms with E-state index in [4.69, 9.17) is 4.74 Å². The van der Waals surface area contributed by atoms with Crippen molar-refractivity contribution in [2.75, 3.05) is 50.8 Å². The van der Waals surface area contributed by atoms with Crippen molar-refractivity contribution in [1.29, 1.82) is 0 Å². The lowest BCUT2D eigenvalue weighted by atomic mass is 9.91. The van der Waals surface area contributed by atoms with Crippen LogP contribution in [-0.2, 0) is 11.3 Å². The van der Waals surface area contributed by atoms with Crippen molar-refractivity contribution in [3.05, 3.63) is 69.9 Å². The number of morpholine rings is 1. The number of aromatic hydroxyl groups is 1. The van der Waals surface area contributed by atoms with E-state index in [1.807, 2.05) is 46.2 Å². The molecule has 0 bridgehead atoms. The Morgan fingerprint density at radius 3 is 2.71 bits per heavy atom. The third kappa shape index (κ3) is 4.07. The van der Waals surface area contributed by atoms with Gasteiger partial charge in [0.05, 0.1) is 28.9 Å². The third-order valence-corrected chi connectivity index (χ3v) is 8.37. The van der Waals surface area contributed by atoms with Gasteiger partial charge in [-0.3, -0.25) is 9.69 Å². The zero-order valence-corrected chi connectivity index (χ0v) is 20.9. The number of rotatable bonds is 4. The summed E-state index contributed by atoms with van der Waals surface area (Å²) in [6, 6.07) is 15.1. The van der Waals surface area contributed by atoms with E-state index < -0.39 is 0 Å². The fourth-order valence-corrected chi connectivity index (χ4v) is 6.23. The molecule has 35 heavy (non-hydrogen) atoms. The van der Waals surface area contributed by atoms with Gasteiger partial charge in [0.25, 0.3) is 5.91 Å². The number of ether oxygens (including phenoxy) is 1. The number of amides is 1. The van der Waals surface area contributed by atoms with Gasteiger partial charge in [0.2, 0.25) is 0 Å². The quantitative estimate of drug-likeness (QED) is 0.537. The number of carbonyl (C=O) groups excluding carboxylic acids is 1. The molecule has 2 unspecified atom stereocenters. The number of phenolic OH excluding ortho intramolecular Hbond substituents is 1. The van der Waals surface area contributed by atoms with Crippen LogP contribution in [0.3, 0.4) is 0 Å². The Kier molecular flexibility index (Phi) is 5.90. The minimum Gasteiger partial charge on any atom is -0.506 e. The van der Waals surface area contributed by atoms with Crippen LogP contribution in [0.25, 0.3) is 10.8 Å². The zero-order valence-electron chi connectivity index (χ0n) is 19.3. The first kappa shape index (κ1) is 22.8. The summed E-state index contributed by atoms with van der Waals surface area (Å²) in [5.41, 5.74) is 2.05. The number of benzene rings is 3. The summed E-state index contributed by atoms with van der Waals surface area (Å²) in [7, 11) is 0. The van der Waals surface area contributed by atoms with E-state index in [1.165, 1.54) is 0 Å². The maximum Gasteiger partial charge on any atom is 0.257 e. The predicted molar refractivity (Wildman–Crippen MR) is 136 cm³/mol. The summed E-state index contributed by atoms with van der Waals surface area (Å²) in [5, 5.41) is 12.5. The molecule has 2 atom stereocenters. The Balaban J connectivity index is 1.16. The SMILES string of the molecule is O=C(c1cc2ccccc2c(Br)c1O)N1CC2CN(Cc3ccc(F)c(N4CCOCC4)c3)C2C1. The normalized spacial score (nSPS) is 22.3. The Labute approximate surface area is 212 Å². The van der Waals surface area contributed by atoms with Gasteiger partial charge >= 0.3 is 0 Å². The van der Waals surface area contributed by atoms with Crippen LogP contribution in [0.15, 0.2) is 53.0 Å². The van der Waals surface area contributed by atoms with E-state index in [0.717, 1.165) is 29.4 Å². The fraction of sp³-hybridized carbons (Fsp3) is 0.370. The molecule has 3 heterocycles. The second-order valence-electron chi connectivity index (χ2n) is 9.66. The van der Waals surface area contributed by atoms with Gasteiger partial charge in [-0.15, -0.1) is 0 Å². The fourth-order valence-electron chi connectivity index (χ4n) is 5.66. The van der Waals surface area contributed by atoms with Gasteiger partial charge in [-0.1, -0.05) is 30.3 Å². The predicted octanol–water partition coefficient (Wildman–Crippen LogP) is 4.24. The molecule has 0 aliphatic carbocycles. The van der Waals surface area contributed by atoms with Gasteiger partial charge < -0.3 is 19.6 Å². The van der Waals surface area contributed by atoms with E-state index >= 15 is 0 Å². The maximum atomic E-state index is 14.5. The topological polar surface area (TPSA) is 56.2 Å². The molecule has 6 rings (SSSR count). The summed E-state index contributed by atoms with van der Waals surface area (Å²) in [6.07, 6.45) is 0. The third-order valence-electron chi connectivity index (χ3n) is 7.57. The number of likely N-dealkylation sites (tertiary alicyclic amines) is 2. The largest absolute Gasteiger partial charge is 0.506 e. The molecule has 6 nitrogen and oxygen atoms in total. The summed E-state index contributed by atoms with van der Waals surface area (Å²) in [6.45, 7) is 5.59. The van der Waals surface area contributed by atoms with Gasteiger partial charge in [-0.05, 0) is 50.5 Å². The number of carbonyl (C=O) groups is 1. The van der Waals surface area contributed by atoms with Crippen molar-refractivity contribution in [2.24, 2.45) is 5.92 Å². The van der Waals surface area contributed by atoms with Crippen molar-refractivity contribution < 1.29 is 19.0 Å². The summed E-state index contributed by atoms with van der Waals surface area (Å²) >= 11 is 3.46. The van der Waals surface area contributed by atoms with Gasteiger partial charge in [-0.25, -0.2) is 4.39 Å². The molecule has 1 N–H and O–H groups in total. The highest BCUT2D eigenvalue weighted by molar-refractivity contribution is 9.10. The highest BCUT2D eigenvalue weighted by Crippen LogP contribution is 2.39. The molecule has 3 saturated heterocycles. The standard InChI is InChI=1S/C27H27BrFN3O3/c28-25-20-4-2-1-3-18(20)12-21(26(25)33)27(34)32-15-19-14-31(24(19)16-32)13-17-5-6-22(29)23(11-17)30-7-9-35-10-8-30/h1-6,11-12,19,24,33H,7-10,13-16H2. The molecule has 3 aromatic rings. The summed E-state index contributed by atoms with van der Waals surface area (Å²) < 4.78 is 20.5. The van der Waals surface area contributed by atoms with Crippen LogP contribution in [0.1, 0.15) is 15.9 Å². The number of nitrogens with zero attached hydrogens (tertiary/aromatic N) is 3. The zero-order chi connectivity index (χ0) is 24.1. The first-order valence-electron chi connectivity index (χ1n) is 12.0. The molecule has 0 saturated carbocycles. The molecular weight excluding hydrogens is 513 g/mol. The molecule has 3 aromatic carbocycles. The average Bonchev–Trinajstić information content (AvgIpc) is 3.22. The van der Waals surface area contributed by atoms with Crippen molar-refractivity contribution in [3.8, 4) is 5.75 Å². The molecular formula is C27H27BrFN3O3. The number of hydrogen-bond donors (Lipinski definition) is 1. The van der Waals surface area contributed by atoms with Gasteiger partial charge in [0, 0.05) is 51.2 Å². The smallest absolute Gasteiger partial charge is 0.257 e. The Hall–Kier alpha value is -2.68. The van der Waals surface area contributed by atoms with Crippen LogP contribution in [0.2, 0.25) is 0 Å². The molecule has 182 valence electrons. The van der Waals surface area contributed by atoms with Crippen LogP contribution in [0.4, 0.5) is 10.1 Å². The molecule has 0 radical (unpaired) electrons. The number of anilines is 1. The summed E-state index contributed by atoms with van der Waals surface area (Å²) in [4.78, 5) is 19.6. The lowest BCUT2D eigenvalue weighted by Crippen LogP contribution is -2.54. The van der Waals surface area contributed by atoms with Gasteiger partial charge in [0.15, 0.2) is 0 Å². The molecule has 3 fully saturated rings. The molecule has 0 aromatic heterocycles. The number of halogens is 2. The van der Waals surface area contributed by atoms with Crippen molar-refractivity contribution in [2.45, 2.75) is 12.6 Å². The van der Waals surface area contributed by atoms with Gasteiger partial charge in [-0.2, -0.15) is 0 Å². The number of phenols is 1. The maximum absolute atomic E-state index is 14.5. The van der Waals surface area contributed by atoms with E-state index in [0.29, 0.717) is 61.0 Å². The minimum absolute atomic E-state index is 0.00763. The van der Waals surface area contributed by atoms with Crippen LogP contribution in [0.5, 0.6) is 5.75 Å². The van der Waals surface area contributed by atoms with Crippen molar-refractivity contribution in [3.63, 3.8) is 0 Å². The second kappa shape index (κ2) is 9.08. The average molecular weight is 540 g/mol. The molecule has 0 spiro atoms. The highest BCUT2D eigenvalue weighted by atomic mass is 79.9. The second-order valence-corrected chi connectivity index (χ2v) is 10.5. The first-order chi connectivity index (χ1) is 17.0. The lowest BCUT2D eigenvalue weighted by molar-refractivity contribution is 0.0433. The van der Waals surface area contributed by atoms with Crippen LogP contribution >= 0.6 is 15.9 Å². The highest BCUT2D eigenvalue weighted by Gasteiger charge is 2.47. The minimum atomic E-state index is -0.198. The van der Waals surface area contributed by atoms with E-state index in [1.54, 1.807) is 12.1 Å². The van der Waals surface area contributed by atoms with Crippen molar-refractivity contribution in [1.82, 2.24) is 9.80 Å². The van der Waals surface area contributed by atoms with E-state index in [9.17, 15) is 14.3 Å². The number of hydrogen-bond acceptors (Lipinski definition) is 5. The molecule has 3 aliphatic rings. The van der Waals surface area contributed by atoms with E-state index in [-0.39, 0.29) is 23.5 Å². The van der Waals surface area contributed by atoms with Crippen LogP contribution in [0, 0.1) is 11.7 Å². The van der Waals surface area contributed by atoms with Crippen LogP contribution in [-0.4, -0.2) is 72.8 Å². The van der Waals surface area contributed by atoms with Crippen molar-refractivity contribution >= 4 is 38.3 Å². The van der Waals surface area contributed by atoms with Crippen LogP contribution < -0.4 is 4.90 Å². The number of fused-ring (bicyclic) bond motifs is 2. The Morgan fingerprint density at radius 2 is 1.89 bits per heavy atom. The summed E-state index contributed by atoms with van der Waals surface area (Å²) in [5.74, 6) is 0.0757. The Morgan fingerprint density at radius 1 is 1.09 bits per heavy atom. The Bertz CT molecular complexity index is 1300. The molecule has 1 amide bonds. The first-order valence-corrected chi connectivity index (χ1v) is 12.8. The van der Waals surface area contributed by atoms with E-state index in [2.05, 4.69) is 20.8 Å². The molecule has 8 heteroatoms. The molecule has 3 aliphatic heterocycles. The van der Waals surface area contributed by atoms with Gasteiger partial charge in [0.1, 0.15) is 11.6 Å².